The zero-order valence-corrected chi connectivity index (χ0v) is 11.0. The van der Waals surface area contributed by atoms with Crippen LogP contribution in [0, 0.1) is 5.82 Å². The fourth-order valence-electron chi connectivity index (χ4n) is 1.24. The fourth-order valence-corrected chi connectivity index (χ4v) is 2.04. The maximum atomic E-state index is 13.2. The van der Waals surface area contributed by atoms with E-state index in [1.54, 1.807) is 18.2 Å². The molecular weight excluding hydrogens is 271 g/mol. The van der Waals surface area contributed by atoms with E-state index in [9.17, 15) is 14.0 Å². The van der Waals surface area contributed by atoms with Gasteiger partial charge in [0, 0.05) is 17.9 Å². The second kappa shape index (κ2) is 7.75. The lowest BCUT2D eigenvalue weighted by molar-refractivity contribution is -0.138. The quantitative estimate of drug-likeness (QED) is 0.682. The fraction of sp³-hybridized carbons (Fsp3) is 0.333. The molecule has 0 heterocycles. The van der Waals surface area contributed by atoms with Crippen LogP contribution in [0.5, 0.6) is 0 Å². The van der Waals surface area contributed by atoms with Crippen LogP contribution in [0.25, 0.3) is 0 Å². The Hall–Kier alpha value is -1.60. The highest BCUT2D eigenvalue weighted by atomic mass is 32.2. The molecular formula is C12H15FN2O3S. The molecule has 0 aliphatic carbocycles. The second-order valence-electron chi connectivity index (χ2n) is 3.83. The van der Waals surface area contributed by atoms with Crippen LogP contribution in [-0.2, 0) is 16.1 Å². The summed E-state index contributed by atoms with van der Waals surface area (Å²) in [4.78, 5) is 21.9. The summed E-state index contributed by atoms with van der Waals surface area (Å²) in [5.41, 5.74) is 5.69. The average molecular weight is 286 g/mol. The van der Waals surface area contributed by atoms with E-state index in [0.29, 0.717) is 5.56 Å². The van der Waals surface area contributed by atoms with Crippen molar-refractivity contribution < 1.29 is 19.1 Å². The molecule has 0 spiro atoms. The molecule has 1 rings (SSSR count). The number of carbonyl (C=O) groups is 2. The molecule has 0 saturated heterocycles. The predicted octanol–water partition coefficient (Wildman–Crippen LogP) is 0.587. The molecule has 1 atom stereocenters. The minimum Gasteiger partial charge on any atom is -0.480 e. The van der Waals surface area contributed by atoms with Gasteiger partial charge in [0.15, 0.2) is 0 Å². The number of thioether (sulfide) groups is 1. The highest BCUT2D eigenvalue weighted by Crippen LogP contribution is 2.06. The monoisotopic (exact) mass is 286 g/mol. The standard InChI is InChI=1S/C12H15FN2O3S/c13-9-4-2-1-3-8(9)5-15-11(16)7-19-6-10(14)12(17)18/h1-4,10H,5-7,14H2,(H,15,16)(H,17,18). The number of rotatable bonds is 7. The molecule has 104 valence electrons. The topological polar surface area (TPSA) is 92.4 Å². The average Bonchev–Trinajstić information content (AvgIpc) is 2.37. The van der Waals surface area contributed by atoms with Crippen molar-refractivity contribution in [2.45, 2.75) is 12.6 Å². The van der Waals surface area contributed by atoms with Gasteiger partial charge in [0.25, 0.3) is 0 Å². The molecule has 1 amide bonds. The van der Waals surface area contributed by atoms with Crippen molar-refractivity contribution in [2.24, 2.45) is 5.73 Å². The first-order valence-corrected chi connectivity index (χ1v) is 6.72. The number of hydrogen-bond acceptors (Lipinski definition) is 4. The number of benzene rings is 1. The van der Waals surface area contributed by atoms with Crippen molar-refractivity contribution in [2.75, 3.05) is 11.5 Å². The van der Waals surface area contributed by atoms with Gasteiger partial charge in [-0.05, 0) is 6.07 Å². The van der Waals surface area contributed by atoms with Crippen molar-refractivity contribution in [3.05, 3.63) is 35.6 Å². The van der Waals surface area contributed by atoms with Gasteiger partial charge < -0.3 is 16.2 Å². The van der Waals surface area contributed by atoms with Crippen molar-refractivity contribution in [3.8, 4) is 0 Å². The van der Waals surface area contributed by atoms with Crippen LogP contribution < -0.4 is 11.1 Å². The first kappa shape index (κ1) is 15.5. The lowest BCUT2D eigenvalue weighted by Gasteiger charge is -2.07. The number of nitrogens with one attached hydrogen (secondary N) is 1. The molecule has 1 unspecified atom stereocenters. The number of nitrogens with two attached hydrogens (primary N) is 1. The molecule has 0 bridgehead atoms. The smallest absolute Gasteiger partial charge is 0.321 e. The molecule has 0 aliphatic heterocycles. The summed E-state index contributed by atoms with van der Waals surface area (Å²) >= 11 is 1.13. The number of hydrogen-bond donors (Lipinski definition) is 3. The van der Waals surface area contributed by atoms with Gasteiger partial charge in [-0.15, -0.1) is 11.8 Å². The normalized spacial score (nSPS) is 11.9. The van der Waals surface area contributed by atoms with Gasteiger partial charge in [-0.2, -0.15) is 0 Å². The third kappa shape index (κ3) is 5.71. The molecule has 0 aliphatic rings. The van der Waals surface area contributed by atoms with Crippen molar-refractivity contribution in [3.63, 3.8) is 0 Å². The number of carboxylic acids is 1. The van der Waals surface area contributed by atoms with Crippen molar-refractivity contribution >= 4 is 23.6 Å². The Labute approximate surface area is 114 Å². The van der Waals surface area contributed by atoms with Crippen molar-refractivity contribution in [1.29, 1.82) is 0 Å². The summed E-state index contributed by atoms with van der Waals surface area (Å²) in [6.07, 6.45) is 0. The zero-order valence-electron chi connectivity index (χ0n) is 10.1. The molecule has 19 heavy (non-hydrogen) atoms. The van der Waals surface area contributed by atoms with E-state index in [1.165, 1.54) is 6.07 Å². The van der Waals surface area contributed by atoms with Gasteiger partial charge in [0.2, 0.25) is 5.91 Å². The Kier molecular flexibility index (Phi) is 6.31. The number of amides is 1. The van der Waals surface area contributed by atoms with Crippen LogP contribution in [0.3, 0.4) is 0 Å². The maximum Gasteiger partial charge on any atom is 0.321 e. The summed E-state index contributed by atoms with van der Waals surface area (Å²) in [5, 5.41) is 11.1. The van der Waals surface area contributed by atoms with Gasteiger partial charge in [-0.3, -0.25) is 9.59 Å². The number of carboxylic acid groups (broad SMARTS) is 1. The van der Waals surface area contributed by atoms with E-state index >= 15 is 0 Å². The van der Waals surface area contributed by atoms with E-state index in [2.05, 4.69) is 5.32 Å². The van der Waals surface area contributed by atoms with Gasteiger partial charge >= 0.3 is 5.97 Å². The molecule has 0 radical (unpaired) electrons. The Morgan fingerprint density at radius 1 is 1.42 bits per heavy atom. The van der Waals surface area contributed by atoms with Gasteiger partial charge in [-0.1, -0.05) is 18.2 Å². The zero-order chi connectivity index (χ0) is 14.3. The summed E-state index contributed by atoms with van der Waals surface area (Å²) < 4.78 is 13.2. The largest absolute Gasteiger partial charge is 0.480 e. The van der Waals surface area contributed by atoms with Crippen LogP contribution in [-0.4, -0.2) is 34.5 Å². The first-order valence-electron chi connectivity index (χ1n) is 5.57. The summed E-state index contributed by atoms with van der Waals surface area (Å²) in [6, 6.07) is 5.18. The third-order valence-corrected chi connectivity index (χ3v) is 3.34. The SMILES string of the molecule is NC(CSCC(=O)NCc1ccccc1F)C(=O)O. The van der Waals surface area contributed by atoms with Crippen LogP contribution in [0.2, 0.25) is 0 Å². The predicted molar refractivity (Wildman–Crippen MR) is 71.2 cm³/mol. The molecule has 4 N–H and O–H groups in total. The van der Waals surface area contributed by atoms with Gasteiger partial charge in [-0.25, -0.2) is 4.39 Å². The number of carbonyl (C=O) groups excluding carboxylic acids is 1. The Morgan fingerprint density at radius 3 is 2.74 bits per heavy atom. The van der Waals surface area contributed by atoms with Gasteiger partial charge in [0.05, 0.1) is 5.75 Å². The molecule has 0 saturated carbocycles. The van der Waals surface area contributed by atoms with Crippen LogP contribution in [0.4, 0.5) is 4.39 Å². The number of halogens is 1. The van der Waals surface area contributed by atoms with E-state index in [1.807, 2.05) is 0 Å². The molecule has 0 fully saturated rings. The lowest BCUT2D eigenvalue weighted by Crippen LogP contribution is -2.33. The highest BCUT2D eigenvalue weighted by molar-refractivity contribution is 8.00. The summed E-state index contributed by atoms with van der Waals surface area (Å²) in [7, 11) is 0. The van der Waals surface area contributed by atoms with E-state index < -0.39 is 12.0 Å². The maximum absolute atomic E-state index is 13.2. The second-order valence-corrected chi connectivity index (χ2v) is 4.86. The minimum absolute atomic E-state index is 0.0927. The lowest BCUT2D eigenvalue weighted by atomic mass is 10.2. The summed E-state index contributed by atoms with van der Waals surface area (Å²) in [5.74, 6) is -1.51. The summed E-state index contributed by atoms with van der Waals surface area (Å²) in [6.45, 7) is 0.108. The molecule has 0 aromatic heterocycles. The van der Waals surface area contributed by atoms with Crippen LogP contribution >= 0.6 is 11.8 Å². The van der Waals surface area contributed by atoms with Gasteiger partial charge in [0.1, 0.15) is 11.9 Å². The number of aliphatic carboxylic acids is 1. The first-order chi connectivity index (χ1) is 9.00. The van der Waals surface area contributed by atoms with E-state index in [0.717, 1.165) is 11.8 Å². The Balaban J connectivity index is 2.25. The molecule has 7 heteroatoms. The van der Waals surface area contributed by atoms with E-state index in [4.69, 9.17) is 10.8 Å². The Morgan fingerprint density at radius 2 is 2.11 bits per heavy atom. The Bertz CT molecular complexity index is 456. The molecule has 1 aromatic carbocycles. The molecule has 1 aromatic rings. The van der Waals surface area contributed by atoms with Crippen molar-refractivity contribution in [1.82, 2.24) is 5.32 Å². The highest BCUT2D eigenvalue weighted by Gasteiger charge is 2.12. The molecule has 5 nitrogen and oxygen atoms in total. The van der Waals surface area contributed by atoms with Crippen LogP contribution in [0.1, 0.15) is 5.56 Å². The van der Waals surface area contributed by atoms with E-state index in [-0.39, 0.29) is 29.8 Å². The third-order valence-electron chi connectivity index (χ3n) is 2.28. The van der Waals surface area contributed by atoms with Crippen LogP contribution in [0.15, 0.2) is 24.3 Å². The minimum atomic E-state index is -1.10.